The molecule has 8 heteroatoms. The third kappa shape index (κ3) is 3.92. The molecule has 0 atom stereocenters. The van der Waals surface area contributed by atoms with Gasteiger partial charge in [-0.15, -0.1) is 0 Å². The first-order valence-electron chi connectivity index (χ1n) is 6.41. The minimum Gasteiger partial charge on any atom is -0.450 e. The lowest BCUT2D eigenvalue weighted by molar-refractivity contribution is -0.386. The second-order valence-electron chi connectivity index (χ2n) is 4.06. The molecule has 8 nitrogen and oxygen atoms in total. The van der Waals surface area contributed by atoms with Crippen molar-refractivity contribution in [2.45, 2.75) is 6.92 Å². The molecule has 2 aromatic rings. The van der Waals surface area contributed by atoms with Gasteiger partial charge in [-0.1, -0.05) is 6.07 Å². The van der Waals surface area contributed by atoms with Crippen LogP contribution in [0.1, 0.15) is 6.92 Å². The molecule has 0 aliphatic rings. The molecule has 0 saturated carbocycles. The van der Waals surface area contributed by atoms with E-state index in [4.69, 9.17) is 9.47 Å². The van der Waals surface area contributed by atoms with Gasteiger partial charge in [0, 0.05) is 24.0 Å². The Hall–Kier alpha value is -3.16. The number of benzene rings is 1. The van der Waals surface area contributed by atoms with Gasteiger partial charge in [-0.3, -0.25) is 15.4 Å². The van der Waals surface area contributed by atoms with Crippen LogP contribution in [0.15, 0.2) is 42.6 Å². The molecule has 0 saturated heterocycles. The topological polar surface area (TPSA) is 104 Å². The molecule has 2 rings (SSSR count). The van der Waals surface area contributed by atoms with Crippen molar-refractivity contribution >= 4 is 17.5 Å². The molecule has 1 heterocycles. The van der Waals surface area contributed by atoms with Crippen molar-refractivity contribution in [1.82, 2.24) is 4.98 Å². The van der Waals surface area contributed by atoms with Crippen LogP contribution in [0.2, 0.25) is 0 Å². The molecule has 1 N–H and O–H groups in total. The number of carbonyl (C=O) groups is 1. The summed E-state index contributed by atoms with van der Waals surface area (Å²) in [6.07, 6.45) is 0.798. The molecule has 0 spiro atoms. The Morgan fingerprint density at radius 3 is 2.91 bits per heavy atom. The summed E-state index contributed by atoms with van der Waals surface area (Å²) in [5.41, 5.74) is 0.195. The molecule has 0 aliphatic heterocycles. The highest BCUT2D eigenvalue weighted by Crippen LogP contribution is 2.29. The standard InChI is InChI=1S/C14H13N3O5/c1-2-21-14(18)16-10-5-3-6-11(9-10)22-13-12(17(19)20)7-4-8-15-13/h3-9H,2H2,1H3,(H,16,18). The summed E-state index contributed by atoms with van der Waals surface area (Å²) in [6.45, 7) is 1.95. The number of rotatable bonds is 5. The van der Waals surface area contributed by atoms with Crippen molar-refractivity contribution in [1.29, 1.82) is 0 Å². The molecule has 1 amide bonds. The van der Waals surface area contributed by atoms with Gasteiger partial charge in [0.25, 0.3) is 5.88 Å². The summed E-state index contributed by atoms with van der Waals surface area (Å²) in [7, 11) is 0. The van der Waals surface area contributed by atoms with Crippen molar-refractivity contribution in [3.05, 3.63) is 52.7 Å². The number of nitro groups is 1. The Kier molecular flexibility index (Phi) is 4.86. The molecule has 0 aliphatic carbocycles. The van der Waals surface area contributed by atoms with Crippen LogP contribution in [0.25, 0.3) is 0 Å². The smallest absolute Gasteiger partial charge is 0.411 e. The van der Waals surface area contributed by atoms with Gasteiger partial charge in [0.15, 0.2) is 0 Å². The van der Waals surface area contributed by atoms with Crippen LogP contribution >= 0.6 is 0 Å². The highest BCUT2D eigenvalue weighted by atomic mass is 16.6. The third-order valence-corrected chi connectivity index (χ3v) is 2.52. The fraction of sp³-hybridized carbons (Fsp3) is 0.143. The Morgan fingerprint density at radius 2 is 2.18 bits per heavy atom. The molecule has 0 bridgehead atoms. The maximum absolute atomic E-state index is 11.3. The Bertz CT molecular complexity index is 690. The van der Waals surface area contributed by atoms with E-state index in [2.05, 4.69) is 10.3 Å². The second kappa shape index (κ2) is 7.02. The fourth-order valence-electron chi connectivity index (χ4n) is 1.63. The first-order chi connectivity index (χ1) is 10.6. The van der Waals surface area contributed by atoms with E-state index in [9.17, 15) is 14.9 Å². The van der Waals surface area contributed by atoms with Crippen molar-refractivity contribution in [2.75, 3.05) is 11.9 Å². The maximum Gasteiger partial charge on any atom is 0.411 e. The first-order valence-corrected chi connectivity index (χ1v) is 6.41. The average molecular weight is 303 g/mol. The van der Waals surface area contributed by atoms with Crippen LogP contribution in [0.4, 0.5) is 16.2 Å². The van der Waals surface area contributed by atoms with Gasteiger partial charge in [0.2, 0.25) is 0 Å². The molecule has 0 radical (unpaired) electrons. The predicted molar refractivity (Wildman–Crippen MR) is 78.1 cm³/mol. The first kappa shape index (κ1) is 15.2. The van der Waals surface area contributed by atoms with E-state index in [0.717, 1.165) is 0 Å². The van der Waals surface area contributed by atoms with Crippen LogP contribution < -0.4 is 10.1 Å². The lowest BCUT2D eigenvalue weighted by Gasteiger charge is -2.08. The minimum absolute atomic E-state index is 0.124. The Balaban J connectivity index is 2.17. The van der Waals surface area contributed by atoms with Crippen LogP contribution in [0.3, 0.4) is 0 Å². The number of hydrogen-bond acceptors (Lipinski definition) is 6. The number of aromatic nitrogens is 1. The lowest BCUT2D eigenvalue weighted by atomic mass is 10.3. The van der Waals surface area contributed by atoms with Gasteiger partial charge < -0.3 is 9.47 Å². The second-order valence-corrected chi connectivity index (χ2v) is 4.06. The average Bonchev–Trinajstić information content (AvgIpc) is 2.48. The zero-order valence-corrected chi connectivity index (χ0v) is 11.7. The van der Waals surface area contributed by atoms with E-state index < -0.39 is 11.0 Å². The van der Waals surface area contributed by atoms with Gasteiger partial charge in [0.05, 0.1) is 11.5 Å². The number of pyridine rings is 1. The van der Waals surface area contributed by atoms with Crippen LogP contribution in [-0.4, -0.2) is 22.6 Å². The summed E-state index contributed by atoms with van der Waals surface area (Å²) >= 11 is 0. The zero-order valence-electron chi connectivity index (χ0n) is 11.7. The van der Waals surface area contributed by atoms with E-state index in [1.807, 2.05) is 0 Å². The Labute approximate surface area is 125 Å². The quantitative estimate of drug-likeness (QED) is 0.671. The van der Waals surface area contributed by atoms with E-state index in [1.54, 1.807) is 25.1 Å². The number of hydrogen-bond donors (Lipinski definition) is 1. The molecule has 1 aromatic carbocycles. The number of carbonyl (C=O) groups excluding carboxylic acids is 1. The van der Waals surface area contributed by atoms with Gasteiger partial charge in [-0.25, -0.2) is 9.78 Å². The zero-order chi connectivity index (χ0) is 15.9. The van der Waals surface area contributed by atoms with Crippen molar-refractivity contribution in [2.24, 2.45) is 0 Å². The fourth-order valence-corrected chi connectivity index (χ4v) is 1.63. The molecule has 0 fully saturated rings. The van der Waals surface area contributed by atoms with E-state index >= 15 is 0 Å². The van der Waals surface area contributed by atoms with Crippen LogP contribution in [-0.2, 0) is 4.74 Å². The predicted octanol–water partition coefficient (Wildman–Crippen LogP) is 3.35. The highest BCUT2D eigenvalue weighted by molar-refractivity contribution is 5.84. The van der Waals surface area contributed by atoms with Gasteiger partial charge in [0.1, 0.15) is 5.75 Å². The molecule has 114 valence electrons. The SMILES string of the molecule is CCOC(=O)Nc1cccc(Oc2ncccc2[N+](=O)[O-])c1. The minimum atomic E-state index is -0.594. The molecule has 22 heavy (non-hydrogen) atoms. The summed E-state index contributed by atoms with van der Waals surface area (Å²) in [5.74, 6) is 0.178. The third-order valence-electron chi connectivity index (χ3n) is 2.52. The number of nitrogens with zero attached hydrogens (tertiary/aromatic N) is 2. The van der Waals surface area contributed by atoms with Crippen molar-refractivity contribution < 1.29 is 19.2 Å². The molecule has 0 unspecified atom stereocenters. The van der Waals surface area contributed by atoms with Crippen molar-refractivity contribution in [3.8, 4) is 11.6 Å². The number of ether oxygens (including phenoxy) is 2. The van der Waals surface area contributed by atoms with Gasteiger partial charge >= 0.3 is 11.8 Å². The van der Waals surface area contributed by atoms with E-state index in [0.29, 0.717) is 11.4 Å². The van der Waals surface area contributed by atoms with Crippen molar-refractivity contribution in [3.63, 3.8) is 0 Å². The molecule has 1 aromatic heterocycles. The summed E-state index contributed by atoms with van der Waals surface area (Å²) in [4.78, 5) is 25.5. The van der Waals surface area contributed by atoms with Gasteiger partial charge in [-0.05, 0) is 25.1 Å². The van der Waals surface area contributed by atoms with Crippen LogP contribution in [0, 0.1) is 10.1 Å². The summed E-state index contributed by atoms with van der Waals surface area (Å²) in [5, 5.41) is 13.4. The lowest BCUT2D eigenvalue weighted by Crippen LogP contribution is -2.13. The van der Waals surface area contributed by atoms with Crippen LogP contribution in [0.5, 0.6) is 11.6 Å². The monoisotopic (exact) mass is 303 g/mol. The van der Waals surface area contributed by atoms with E-state index in [1.165, 1.54) is 24.4 Å². The highest BCUT2D eigenvalue weighted by Gasteiger charge is 2.16. The van der Waals surface area contributed by atoms with E-state index in [-0.39, 0.29) is 18.2 Å². The number of anilines is 1. The molecular weight excluding hydrogens is 290 g/mol. The normalized spacial score (nSPS) is 9.86. The number of nitrogens with one attached hydrogen (secondary N) is 1. The largest absolute Gasteiger partial charge is 0.450 e. The Morgan fingerprint density at radius 1 is 1.36 bits per heavy atom. The number of amides is 1. The van der Waals surface area contributed by atoms with Gasteiger partial charge in [-0.2, -0.15) is 0 Å². The maximum atomic E-state index is 11.3. The summed E-state index contributed by atoms with van der Waals surface area (Å²) in [6, 6.07) is 9.11. The molecular formula is C14H13N3O5. The summed E-state index contributed by atoms with van der Waals surface area (Å²) < 4.78 is 10.2.